The van der Waals surface area contributed by atoms with Gasteiger partial charge in [-0.25, -0.2) is 0 Å². The summed E-state index contributed by atoms with van der Waals surface area (Å²) >= 11 is 0. The number of rotatable bonds is 7. The van der Waals surface area contributed by atoms with E-state index in [9.17, 15) is 9.59 Å². The average molecular weight is 280 g/mol. The molecule has 0 spiro atoms. The third kappa shape index (κ3) is 10.5. The predicted octanol–water partition coefficient (Wildman–Crippen LogP) is 2.52. The zero-order valence-corrected chi connectivity index (χ0v) is 12.4. The molecule has 0 fully saturated rings. The van der Waals surface area contributed by atoms with Crippen LogP contribution >= 0.6 is 21.6 Å². The molecule has 0 unspecified atom stereocenters. The molecular weight excluding hydrogens is 260 g/mol. The molecule has 17 heavy (non-hydrogen) atoms. The van der Waals surface area contributed by atoms with Gasteiger partial charge in [0.05, 0.1) is 5.41 Å². The van der Waals surface area contributed by atoms with E-state index in [2.05, 4.69) is 0 Å². The van der Waals surface area contributed by atoms with Crippen molar-refractivity contribution in [3.8, 4) is 0 Å². The Morgan fingerprint density at radius 2 is 1.47 bits per heavy atom. The molecule has 0 amide bonds. The molecule has 0 aliphatic heterocycles. The summed E-state index contributed by atoms with van der Waals surface area (Å²) in [4.78, 5) is 21.8. The van der Waals surface area contributed by atoms with Crippen molar-refractivity contribution >= 4 is 33.5 Å². The van der Waals surface area contributed by atoms with Crippen LogP contribution in [0, 0.1) is 5.41 Å². The van der Waals surface area contributed by atoms with E-state index in [0.29, 0.717) is 13.2 Å². The van der Waals surface area contributed by atoms with Gasteiger partial charge in [-0.15, -0.1) is 0 Å². The first-order chi connectivity index (χ1) is 7.84. The first kappa shape index (κ1) is 16.6. The smallest absolute Gasteiger partial charge is 0.311 e. The van der Waals surface area contributed by atoms with Crippen LogP contribution in [0.3, 0.4) is 0 Å². The van der Waals surface area contributed by atoms with Crippen molar-refractivity contribution in [2.45, 2.75) is 27.7 Å². The Hall–Kier alpha value is -0.360. The van der Waals surface area contributed by atoms with Crippen LogP contribution in [0.25, 0.3) is 0 Å². The van der Waals surface area contributed by atoms with Gasteiger partial charge < -0.3 is 9.47 Å². The van der Waals surface area contributed by atoms with Gasteiger partial charge in [-0.2, -0.15) is 0 Å². The molecule has 0 rings (SSSR count). The molecule has 0 saturated carbocycles. The van der Waals surface area contributed by atoms with Gasteiger partial charge >= 0.3 is 11.9 Å². The molecule has 0 aromatic heterocycles. The van der Waals surface area contributed by atoms with Gasteiger partial charge in [-0.05, 0) is 20.8 Å². The summed E-state index contributed by atoms with van der Waals surface area (Å²) in [6.45, 7) is 7.73. The van der Waals surface area contributed by atoms with E-state index < -0.39 is 5.41 Å². The van der Waals surface area contributed by atoms with E-state index in [1.165, 1.54) is 6.92 Å². The van der Waals surface area contributed by atoms with Crippen molar-refractivity contribution in [3.05, 3.63) is 0 Å². The maximum absolute atomic E-state index is 11.4. The fourth-order valence-electron chi connectivity index (χ4n) is 0.722. The fourth-order valence-corrected chi connectivity index (χ4v) is 2.38. The third-order valence-electron chi connectivity index (χ3n) is 1.57. The largest absolute Gasteiger partial charge is 0.465 e. The molecule has 0 bridgehead atoms. The maximum Gasteiger partial charge on any atom is 0.311 e. The Labute approximate surface area is 111 Å². The Kier molecular flexibility index (Phi) is 8.51. The van der Waals surface area contributed by atoms with Crippen LogP contribution in [0.1, 0.15) is 27.7 Å². The second kappa shape index (κ2) is 8.69. The molecule has 6 heteroatoms. The summed E-state index contributed by atoms with van der Waals surface area (Å²) < 4.78 is 9.87. The van der Waals surface area contributed by atoms with Gasteiger partial charge in [0.25, 0.3) is 0 Å². The Balaban J connectivity index is 3.30. The van der Waals surface area contributed by atoms with E-state index in [1.54, 1.807) is 21.6 Å². The van der Waals surface area contributed by atoms with Crippen LogP contribution in [-0.2, 0) is 19.1 Å². The summed E-state index contributed by atoms with van der Waals surface area (Å²) in [5.41, 5.74) is -0.437. The van der Waals surface area contributed by atoms with E-state index in [1.807, 2.05) is 20.8 Å². The molecule has 0 radical (unpaired) electrons. The Morgan fingerprint density at radius 1 is 1.00 bits per heavy atom. The van der Waals surface area contributed by atoms with Crippen molar-refractivity contribution in [1.29, 1.82) is 0 Å². The number of hydrogen-bond donors (Lipinski definition) is 0. The lowest BCUT2D eigenvalue weighted by atomic mass is 9.97. The van der Waals surface area contributed by atoms with Gasteiger partial charge in [0, 0.05) is 18.4 Å². The van der Waals surface area contributed by atoms with Gasteiger partial charge in [-0.1, -0.05) is 21.6 Å². The molecule has 0 atom stereocenters. The van der Waals surface area contributed by atoms with Gasteiger partial charge in [0.2, 0.25) is 0 Å². The standard InChI is InChI=1S/C11H20O4S2/c1-9(12)14-5-7-16-17-8-6-15-10(13)11(2,3)4/h5-8H2,1-4H3. The Bertz CT molecular complexity index is 248. The number of hydrogen-bond acceptors (Lipinski definition) is 6. The minimum absolute atomic E-state index is 0.178. The average Bonchev–Trinajstić information content (AvgIpc) is 2.19. The van der Waals surface area contributed by atoms with Crippen molar-refractivity contribution in [2.75, 3.05) is 24.7 Å². The summed E-state index contributed by atoms with van der Waals surface area (Å²) in [5, 5.41) is 0. The van der Waals surface area contributed by atoms with Crippen LogP contribution in [0.2, 0.25) is 0 Å². The molecule has 0 N–H and O–H groups in total. The minimum Gasteiger partial charge on any atom is -0.465 e. The topological polar surface area (TPSA) is 52.6 Å². The number of ether oxygens (including phenoxy) is 2. The van der Waals surface area contributed by atoms with Gasteiger partial charge in [0.1, 0.15) is 13.2 Å². The number of esters is 2. The van der Waals surface area contributed by atoms with Gasteiger partial charge in [-0.3, -0.25) is 9.59 Å². The number of carbonyl (C=O) groups excluding carboxylic acids is 2. The van der Waals surface area contributed by atoms with E-state index >= 15 is 0 Å². The van der Waals surface area contributed by atoms with Crippen molar-refractivity contribution in [3.63, 3.8) is 0 Å². The highest BCUT2D eigenvalue weighted by Crippen LogP contribution is 2.21. The normalized spacial score (nSPS) is 11.1. The zero-order chi connectivity index (χ0) is 13.3. The quantitative estimate of drug-likeness (QED) is 0.406. The van der Waals surface area contributed by atoms with E-state index in [4.69, 9.17) is 9.47 Å². The Morgan fingerprint density at radius 3 is 1.88 bits per heavy atom. The molecule has 0 aromatic carbocycles. The SMILES string of the molecule is CC(=O)OCCSSCCOC(=O)C(C)(C)C. The molecule has 0 aliphatic carbocycles. The van der Waals surface area contributed by atoms with Crippen LogP contribution in [0.5, 0.6) is 0 Å². The maximum atomic E-state index is 11.4. The van der Waals surface area contributed by atoms with Crippen LogP contribution < -0.4 is 0 Å². The van der Waals surface area contributed by atoms with E-state index in [-0.39, 0.29) is 11.9 Å². The summed E-state index contributed by atoms with van der Waals surface area (Å²) in [5.74, 6) is 1.06. The van der Waals surface area contributed by atoms with Crippen molar-refractivity contribution < 1.29 is 19.1 Å². The fraction of sp³-hybridized carbons (Fsp3) is 0.818. The molecule has 0 saturated heterocycles. The minimum atomic E-state index is -0.437. The second-order valence-corrected chi connectivity index (χ2v) is 7.07. The second-order valence-electron chi connectivity index (χ2n) is 4.37. The van der Waals surface area contributed by atoms with Crippen LogP contribution in [-0.4, -0.2) is 36.7 Å². The highest BCUT2D eigenvalue weighted by molar-refractivity contribution is 8.76. The van der Waals surface area contributed by atoms with Crippen LogP contribution in [0.15, 0.2) is 0 Å². The lowest BCUT2D eigenvalue weighted by Crippen LogP contribution is -2.23. The van der Waals surface area contributed by atoms with Crippen LogP contribution in [0.4, 0.5) is 0 Å². The van der Waals surface area contributed by atoms with Crippen molar-refractivity contribution in [2.24, 2.45) is 5.41 Å². The molecule has 0 heterocycles. The first-order valence-corrected chi connectivity index (χ1v) is 7.88. The van der Waals surface area contributed by atoms with Crippen molar-refractivity contribution in [1.82, 2.24) is 0 Å². The third-order valence-corrected chi connectivity index (χ3v) is 3.90. The predicted molar refractivity (Wildman–Crippen MR) is 72.0 cm³/mol. The lowest BCUT2D eigenvalue weighted by molar-refractivity contribution is -0.152. The highest BCUT2D eigenvalue weighted by Gasteiger charge is 2.22. The van der Waals surface area contributed by atoms with E-state index in [0.717, 1.165) is 11.5 Å². The number of carbonyl (C=O) groups is 2. The van der Waals surface area contributed by atoms with Gasteiger partial charge in [0.15, 0.2) is 0 Å². The molecule has 100 valence electrons. The summed E-state index contributed by atoms with van der Waals surface area (Å²) in [7, 11) is 3.21. The lowest BCUT2D eigenvalue weighted by Gasteiger charge is -2.16. The summed E-state index contributed by atoms with van der Waals surface area (Å²) in [6.07, 6.45) is 0. The molecule has 0 aromatic rings. The first-order valence-electron chi connectivity index (χ1n) is 5.39. The molecule has 4 nitrogen and oxygen atoms in total. The molecule has 0 aliphatic rings. The molecular formula is C11H20O4S2. The highest BCUT2D eigenvalue weighted by atomic mass is 33.1. The summed E-state index contributed by atoms with van der Waals surface area (Å²) in [6, 6.07) is 0. The zero-order valence-electron chi connectivity index (χ0n) is 10.8. The monoisotopic (exact) mass is 280 g/mol.